The van der Waals surface area contributed by atoms with Crippen LogP contribution in [0.1, 0.15) is 21.5 Å². The zero-order valence-electron chi connectivity index (χ0n) is 21.9. The van der Waals surface area contributed by atoms with Crippen molar-refractivity contribution in [2.75, 3.05) is 42.9 Å². The van der Waals surface area contributed by atoms with E-state index >= 15 is 0 Å². The van der Waals surface area contributed by atoms with E-state index in [1.54, 1.807) is 19.1 Å². The largest absolute Gasteiger partial charge is 0.452 e. The Morgan fingerprint density at radius 2 is 1.60 bits per heavy atom. The lowest BCUT2D eigenvalue weighted by Gasteiger charge is -2.26. The maximum absolute atomic E-state index is 12.9. The Kier molecular flexibility index (Phi) is 8.88. The van der Waals surface area contributed by atoms with Gasteiger partial charge in [0.1, 0.15) is 0 Å². The van der Waals surface area contributed by atoms with Gasteiger partial charge in [-0.2, -0.15) is 4.31 Å². The molecular weight excluding hydrogens is 558 g/mol. The highest BCUT2D eigenvalue weighted by Crippen LogP contribution is 2.22. The second kappa shape index (κ2) is 12.2. The molecule has 0 unspecified atom stereocenters. The van der Waals surface area contributed by atoms with Crippen molar-refractivity contribution < 1.29 is 35.9 Å². The molecule has 1 aliphatic heterocycles. The van der Waals surface area contributed by atoms with Crippen LogP contribution in [0.5, 0.6) is 0 Å². The molecule has 0 aliphatic carbocycles. The zero-order valence-corrected chi connectivity index (χ0v) is 23.5. The fourth-order valence-electron chi connectivity index (χ4n) is 3.98. The fourth-order valence-corrected chi connectivity index (χ4v) is 6.56. The molecule has 4 rings (SSSR count). The maximum Gasteiger partial charge on any atom is 0.338 e. The number of anilines is 2. The summed E-state index contributed by atoms with van der Waals surface area (Å²) in [4.78, 5) is 24.8. The molecule has 1 aliphatic rings. The number of carbonyl (C=O) groups excluding carboxylic acids is 2. The summed E-state index contributed by atoms with van der Waals surface area (Å²) in [6.07, 6.45) is 0. The maximum atomic E-state index is 12.9. The van der Waals surface area contributed by atoms with E-state index in [0.717, 1.165) is 11.1 Å². The summed E-state index contributed by atoms with van der Waals surface area (Å²) in [5, 5.41) is 2.53. The highest BCUT2D eigenvalue weighted by atomic mass is 32.2. The van der Waals surface area contributed by atoms with Crippen molar-refractivity contribution in [1.82, 2.24) is 4.31 Å². The minimum Gasteiger partial charge on any atom is -0.452 e. The van der Waals surface area contributed by atoms with Crippen molar-refractivity contribution in [2.45, 2.75) is 23.6 Å². The molecule has 1 fully saturated rings. The third-order valence-corrected chi connectivity index (χ3v) is 9.36. The molecule has 11 nitrogen and oxygen atoms in total. The minimum absolute atomic E-state index is 0.0472. The smallest absolute Gasteiger partial charge is 0.338 e. The molecule has 40 heavy (non-hydrogen) atoms. The first-order chi connectivity index (χ1) is 19.0. The van der Waals surface area contributed by atoms with E-state index < -0.39 is 38.5 Å². The van der Waals surface area contributed by atoms with Gasteiger partial charge in [-0.05, 0) is 67.9 Å². The third kappa shape index (κ3) is 7.04. The molecule has 0 saturated carbocycles. The second-order valence-electron chi connectivity index (χ2n) is 9.12. The van der Waals surface area contributed by atoms with Crippen LogP contribution < -0.4 is 10.0 Å². The van der Waals surface area contributed by atoms with E-state index in [-0.39, 0.29) is 28.4 Å². The summed E-state index contributed by atoms with van der Waals surface area (Å²) >= 11 is 0. The van der Waals surface area contributed by atoms with Gasteiger partial charge in [0.2, 0.25) is 10.0 Å². The van der Waals surface area contributed by atoms with Gasteiger partial charge in [0, 0.05) is 18.8 Å². The van der Waals surface area contributed by atoms with Crippen LogP contribution in [0.15, 0.2) is 76.5 Å². The second-order valence-corrected chi connectivity index (χ2v) is 12.7. The Bertz CT molecular complexity index is 1620. The third-order valence-electron chi connectivity index (χ3n) is 6.09. The van der Waals surface area contributed by atoms with Crippen LogP contribution in [0.4, 0.5) is 11.4 Å². The van der Waals surface area contributed by atoms with E-state index in [1.165, 1.54) is 52.8 Å². The Balaban J connectivity index is 1.34. The monoisotopic (exact) mass is 587 g/mol. The number of nitrogens with one attached hydrogen (secondary N) is 2. The fraction of sp³-hybridized carbons (Fsp3) is 0.259. The number of carbonyl (C=O) groups is 2. The summed E-state index contributed by atoms with van der Waals surface area (Å²) < 4.78 is 65.3. The van der Waals surface area contributed by atoms with Gasteiger partial charge in [0.25, 0.3) is 15.9 Å². The molecule has 0 atom stereocenters. The topological polar surface area (TPSA) is 148 Å². The Morgan fingerprint density at radius 1 is 0.900 bits per heavy atom. The molecule has 2 N–H and O–H groups in total. The predicted molar refractivity (Wildman–Crippen MR) is 148 cm³/mol. The van der Waals surface area contributed by atoms with Crippen LogP contribution in [-0.4, -0.2) is 65.9 Å². The molecule has 1 heterocycles. The van der Waals surface area contributed by atoms with Gasteiger partial charge in [-0.1, -0.05) is 23.8 Å². The minimum atomic E-state index is -3.99. The first kappa shape index (κ1) is 29.2. The highest BCUT2D eigenvalue weighted by Gasteiger charge is 2.26. The quantitative estimate of drug-likeness (QED) is 0.363. The number of nitrogens with zero attached hydrogens (tertiary/aromatic N) is 1. The van der Waals surface area contributed by atoms with E-state index in [9.17, 15) is 26.4 Å². The molecule has 0 bridgehead atoms. The number of sulfonamides is 2. The molecule has 0 spiro atoms. The standard InChI is InChI=1S/C27H29N3O8S2/c1-19-6-11-25(20(2)16-19)29-39(33,34)24-5-3-4-21(17-24)27(32)38-18-26(31)28-22-7-9-23(10-8-22)40(35,36)30-12-14-37-15-13-30/h3-11,16-17,29H,12-15,18H2,1-2H3,(H,28,31). The molecular formula is C27H29N3O8S2. The Morgan fingerprint density at radius 3 is 2.27 bits per heavy atom. The lowest BCUT2D eigenvalue weighted by atomic mass is 10.1. The van der Waals surface area contributed by atoms with Crippen molar-refractivity contribution in [3.05, 3.63) is 83.4 Å². The van der Waals surface area contributed by atoms with Gasteiger partial charge in [0.05, 0.1) is 34.3 Å². The van der Waals surface area contributed by atoms with Gasteiger partial charge in [-0.15, -0.1) is 0 Å². The van der Waals surface area contributed by atoms with Crippen molar-refractivity contribution in [1.29, 1.82) is 0 Å². The first-order valence-electron chi connectivity index (χ1n) is 12.3. The Labute approximate surface area is 233 Å². The van der Waals surface area contributed by atoms with E-state index in [1.807, 2.05) is 13.0 Å². The normalized spacial score (nSPS) is 14.3. The van der Waals surface area contributed by atoms with Crippen LogP contribution in [-0.2, 0) is 34.3 Å². The average molecular weight is 588 g/mol. The number of hydrogen-bond acceptors (Lipinski definition) is 8. The van der Waals surface area contributed by atoms with E-state index in [2.05, 4.69) is 10.0 Å². The first-order valence-corrected chi connectivity index (χ1v) is 15.2. The Hall–Kier alpha value is -3.78. The van der Waals surface area contributed by atoms with Gasteiger partial charge in [-0.25, -0.2) is 21.6 Å². The summed E-state index contributed by atoms with van der Waals surface area (Å²) in [7, 11) is -7.66. The number of hydrogen-bond donors (Lipinski definition) is 2. The van der Waals surface area contributed by atoms with Crippen LogP contribution in [0.25, 0.3) is 0 Å². The predicted octanol–water partition coefficient (Wildman–Crippen LogP) is 2.92. The summed E-state index contributed by atoms with van der Waals surface area (Å²) in [5.41, 5.74) is 2.42. The number of rotatable bonds is 9. The van der Waals surface area contributed by atoms with Crippen molar-refractivity contribution in [3.8, 4) is 0 Å². The number of ether oxygens (including phenoxy) is 2. The average Bonchev–Trinajstić information content (AvgIpc) is 2.94. The summed E-state index contributed by atoms with van der Waals surface area (Å²) in [5.74, 6) is -1.54. The molecule has 3 aromatic carbocycles. The molecule has 212 valence electrons. The van der Waals surface area contributed by atoms with Crippen LogP contribution in [0.3, 0.4) is 0 Å². The van der Waals surface area contributed by atoms with Crippen molar-refractivity contribution in [3.63, 3.8) is 0 Å². The van der Waals surface area contributed by atoms with Crippen LogP contribution >= 0.6 is 0 Å². The molecule has 3 aromatic rings. The van der Waals surface area contributed by atoms with Crippen LogP contribution in [0.2, 0.25) is 0 Å². The molecule has 13 heteroatoms. The number of amides is 1. The van der Waals surface area contributed by atoms with Gasteiger partial charge < -0.3 is 14.8 Å². The van der Waals surface area contributed by atoms with Gasteiger partial charge >= 0.3 is 5.97 Å². The van der Waals surface area contributed by atoms with E-state index in [4.69, 9.17) is 9.47 Å². The zero-order chi connectivity index (χ0) is 28.9. The van der Waals surface area contributed by atoms with Crippen molar-refractivity contribution in [2.24, 2.45) is 0 Å². The van der Waals surface area contributed by atoms with E-state index in [0.29, 0.717) is 24.6 Å². The SMILES string of the molecule is Cc1ccc(NS(=O)(=O)c2cccc(C(=O)OCC(=O)Nc3ccc(S(=O)(=O)N4CCOCC4)cc3)c2)c(C)c1. The molecule has 1 saturated heterocycles. The van der Waals surface area contributed by atoms with Gasteiger partial charge in [0.15, 0.2) is 6.61 Å². The number of morpholine rings is 1. The van der Waals surface area contributed by atoms with Gasteiger partial charge in [-0.3, -0.25) is 9.52 Å². The summed E-state index contributed by atoms with van der Waals surface area (Å²) in [6, 6.07) is 16.2. The summed E-state index contributed by atoms with van der Waals surface area (Å²) in [6.45, 7) is 4.24. The van der Waals surface area contributed by atoms with Crippen LogP contribution in [0, 0.1) is 13.8 Å². The highest BCUT2D eigenvalue weighted by molar-refractivity contribution is 7.92. The lowest BCUT2D eigenvalue weighted by Crippen LogP contribution is -2.40. The van der Waals surface area contributed by atoms with Crippen molar-refractivity contribution >= 4 is 43.3 Å². The number of aryl methyl sites for hydroxylation is 2. The molecule has 0 aromatic heterocycles. The molecule has 1 amide bonds. The molecule has 0 radical (unpaired) electrons. The lowest BCUT2D eigenvalue weighted by molar-refractivity contribution is -0.119. The number of esters is 1. The number of benzene rings is 3.